The molecule has 3 nitrogen and oxygen atoms in total. The molecule has 2 rings (SSSR count). The first-order valence-electron chi connectivity index (χ1n) is 5.00. The molecule has 0 saturated carbocycles. The Morgan fingerprint density at radius 2 is 2.57 bits per heavy atom. The van der Waals surface area contributed by atoms with Crippen LogP contribution in [0.3, 0.4) is 0 Å². The van der Waals surface area contributed by atoms with E-state index in [1.54, 1.807) is 17.5 Å². The molecule has 1 aliphatic heterocycles. The Kier molecular flexibility index (Phi) is 3.50. The molecule has 0 radical (unpaired) electrons. The van der Waals surface area contributed by atoms with Gasteiger partial charge in [0.2, 0.25) is 0 Å². The van der Waals surface area contributed by atoms with E-state index in [1.807, 2.05) is 0 Å². The third-order valence-corrected chi connectivity index (χ3v) is 3.48. The van der Waals surface area contributed by atoms with E-state index in [2.05, 4.69) is 4.98 Å². The third kappa shape index (κ3) is 2.53. The zero-order chi connectivity index (χ0) is 9.80. The van der Waals surface area contributed by atoms with Crippen LogP contribution in [0.25, 0.3) is 0 Å². The van der Waals surface area contributed by atoms with Crippen molar-refractivity contribution in [1.29, 1.82) is 0 Å². The standard InChI is InChI=1S/C10H15NO2S/c12-6-9-5-11-10(14-9)4-8-2-1-3-13-7-8/h5,8,12H,1-4,6-7H2. The van der Waals surface area contributed by atoms with Crippen molar-refractivity contribution >= 4 is 11.3 Å². The molecule has 1 aromatic rings. The number of nitrogens with zero attached hydrogens (tertiary/aromatic N) is 1. The van der Waals surface area contributed by atoms with Gasteiger partial charge < -0.3 is 9.84 Å². The van der Waals surface area contributed by atoms with Crippen molar-refractivity contribution in [1.82, 2.24) is 4.98 Å². The van der Waals surface area contributed by atoms with Crippen LogP contribution in [-0.4, -0.2) is 23.3 Å². The van der Waals surface area contributed by atoms with E-state index in [9.17, 15) is 0 Å². The van der Waals surface area contributed by atoms with Crippen LogP contribution in [0.15, 0.2) is 6.20 Å². The third-order valence-electron chi connectivity index (χ3n) is 2.48. The summed E-state index contributed by atoms with van der Waals surface area (Å²) in [6.45, 7) is 1.89. The lowest BCUT2D eigenvalue weighted by Gasteiger charge is -2.20. The van der Waals surface area contributed by atoms with Crippen LogP contribution in [-0.2, 0) is 17.8 Å². The molecule has 0 bridgehead atoms. The lowest BCUT2D eigenvalue weighted by atomic mass is 9.99. The molecule has 78 valence electrons. The second-order valence-corrected chi connectivity index (χ2v) is 4.87. The topological polar surface area (TPSA) is 42.4 Å². The summed E-state index contributed by atoms with van der Waals surface area (Å²) >= 11 is 1.61. The van der Waals surface area contributed by atoms with E-state index in [1.165, 1.54) is 12.8 Å². The second-order valence-electron chi connectivity index (χ2n) is 3.67. The van der Waals surface area contributed by atoms with Crippen molar-refractivity contribution in [3.8, 4) is 0 Å². The summed E-state index contributed by atoms with van der Waals surface area (Å²) in [7, 11) is 0. The van der Waals surface area contributed by atoms with Crippen LogP contribution in [0.2, 0.25) is 0 Å². The molecule has 1 aromatic heterocycles. The molecule has 1 atom stereocenters. The van der Waals surface area contributed by atoms with Crippen molar-refractivity contribution < 1.29 is 9.84 Å². The van der Waals surface area contributed by atoms with Gasteiger partial charge in [-0.3, -0.25) is 0 Å². The van der Waals surface area contributed by atoms with Gasteiger partial charge in [0.05, 0.1) is 16.5 Å². The van der Waals surface area contributed by atoms with Crippen LogP contribution in [0.5, 0.6) is 0 Å². The van der Waals surface area contributed by atoms with Crippen LogP contribution in [0.1, 0.15) is 22.7 Å². The molecule has 4 heteroatoms. The van der Waals surface area contributed by atoms with E-state index in [4.69, 9.17) is 9.84 Å². The maximum atomic E-state index is 8.90. The highest BCUT2D eigenvalue weighted by molar-refractivity contribution is 7.11. The monoisotopic (exact) mass is 213 g/mol. The van der Waals surface area contributed by atoms with Gasteiger partial charge in [-0.2, -0.15) is 0 Å². The first kappa shape index (κ1) is 10.1. The van der Waals surface area contributed by atoms with Crippen LogP contribution >= 0.6 is 11.3 Å². The molecule has 0 aliphatic carbocycles. The molecular weight excluding hydrogens is 198 g/mol. The van der Waals surface area contributed by atoms with Crippen LogP contribution < -0.4 is 0 Å². The fourth-order valence-corrected chi connectivity index (χ4v) is 2.63. The predicted molar refractivity (Wildman–Crippen MR) is 55.3 cm³/mol. The zero-order valence-corrected chi connectivity index (χ0v) is 8.92. The highest BCUT2D eigenvalue weighted by Gasteiger charge is 2.15. The van der Waals surface area contributed by atoms with Gasteiger partial charge in [0.15, 0.2) is 0 Å². The number of thiazole rings is 1. The maximum Gasteiger partial charge on any atom is 0.0932 e. The Balaban J connectivity index is 1.89. The summed E-state index contributed by atoms with van der Waals surface area (Å²) in [6, 6.07) is 0. The normalized spacial score (nSPS) is 22.5. The van der Waals surface area contributed by atoms with Crippen molar-refractivity contribution in [2.24, 2.45) is 5.92 Å². The predicted octanol–water partition coefficient (Wildman–Crippen LogP) is 1.60. The molecule has 0 aromatic carbocycles. The first-order valence-corrected chi connectivity index (χ1v) is 5.82. The quantitative estimate of drug-likeness (QED) is 0.829. The van der Waals surface area contributed by atoms with Gasteiger partial charge in [0.25, 0.3) is 0 Å². The van der Waals surface area contributed by atoms with Crippen LogP contribution in [0, 0.1) is 5.92 Å². The fourth-order valence-electron chi connectivity index (χ4n) is 1.73. The van der Waals surface area contributed by atoms with E-state index in [0.29, 0.717) is 5.92 Å². The molecule has 1 fully saturated rings. The number of rotatable bonds is 3. The minimum Gasteiger partial charge on any atom is -0.391 e. The van der Waals surface area contributed by atoms with Gasteiger partial charge in [-0.1, -0.05) is 0 Å². The smallest absolute Gasteiger partial charge is 0.0932 e. The highest BCUT2D eigenvalue weighted by Crippen LogP contribution is 2.21. The molecule has 1 unspecified atom stereocenters. The van der Waals surface area contributed by atoms with Gasteiger partial charge >= 0.3 is 0 Å². The summed E-state index contributed by atoms with van der Waals surface area (Å²) < 4.78 is 5.41. The Morgan fingerprint density at radius 1 is 1.64 bits per heavy atom. The largest absolute Gasteiger partial charge is 0.391 e. The SMILES string of the molecule is OCc1cnc(CC2CCCOC2)s1. The summed E-state index contributed by atoms with van der Waals surface area (Å²) in [5.74, 6) is 0.626. The average Bonchev–Trinajstić information content (AvgIpc) is 2.67. The highest BCUT2D eigenvalue weighted by atomic mass is 32.1. The Morgan fingerprint density at radius 3 is 3.21 bits per heavy atom. The fraction of sp³-hybridized carbons (Fsp3) is 0.700. The van der Waals surface area contributed by atoms with Gasteiger partial charge in [0.1, 0.15) is 0 Å². The van der Waals surface area contributed by atoms with Crippen molar-refractivity contribution in [2.45, 2.75) is 25.9 Å². The molecule has 0 spiro atoms. The van der Waals surface area contributed by atoms with Crippen LogP contribution in [0.4, 0.5) is 0 Å². The van der Waals surface area contributed by atoms with E-state index in [-0.39, 0.29) is 6.61 Å². The first-order chi connectivity index (χ1) is 6.88. The molecule has 1 saturated heterocycles. The van der Waals surface area contributed by atoms with E-state index in [0.717, 1.165) is 29.5 Å². The molecule has 2 heterocycles. The maximum absolute atomic E-state index is 8.90. The Bertz CT molecular complexity index is 281. The second kappa shape index (κ2) is 4.87. The lowest BCUT2D eigenvalue weighted by Crippen LogP contribution is -2.19. The number of hydrogen-bond donors (Lipinski definition) is 1. The summed E-state index contributed by atoms with van der Waals surface area (Å²) in [6.07, 6.45) is 5.19. The molecule has 1 N–H and O–H groups in total. The molecular formula is C10H15NO2S. The van der Waals surface area contributed by atoms with E-state index < -0.39 is 0 Å². The Hall–Kier alpha value is -0.450. The number of aromatic nitrogens is 1. The zero-order valence-electron chi connectivity index (χ0n) is 8.11. The molecule has 14 heavy (non-hydrogen) atoms. The summed E-state index contributed by atoms with van der Waals surface area (Å²) in [5, 5.41) is 10.0. The van der Waals surface area contributed by atoms with Gasteiger partial charge in [-0.25, -0.2) is 4.98 Å². The van der Waals surface area contributed by atoms with Crippen molar-refractivity contribution in [3.63, 3.8) is 0 Å². The average molecular weight is 213 g/mol. The number of ether oxygens (including phenoxy) is 1. The van der Waals surface area contributed by atoms with Gasteiger partial charge in [0, 0.05) is 25.8 Å². The minimum atomic E-state index is 0.110. The molecule has 1 aliphatic rings. The van der Waals surface area contributed by atoms with Crippen molar-refractivity contribution in [3.05, 3.63) is 16.1 Å². The van der Waals surface area contributed by atoms with E-state index >= 15 is 0 Å². The number of hydrogen-bond acceptors (Lipinski definition) is 4. The molecule has 0 amide bonds. The van der Waals surface area contributed by atoms with Crippen molar-refractivity contribution in [2.75, 3.05) is 13.2 Å². The summed E-state index contributed by atoms with van der Waals surface area (Å²) in [5.41, 5.74) is 0. The Labute approximate surface area is 87.7 Å². The van der Waals surface area contributed by atoms with Gasteiger partial charge in [-0.15, -0.1) is 11.3 Å². The number of aliphatic hydroxyl groups excluding tert-OH is 1. The number of aliphatic hydroxyl groups is 1. The van der Waals surface area contributed by atoms with Gasteiger partial charge in [-0.05, 0) is 18.8 Å². The lowest BCUT2D eigenvalue weighted by molar-refractivity contribution is 0.0550. The minimum absolute atomic E-state index is 0.110. The summed E-state index contributed by atoms with van der Waals surface area (Å²) in [4.78, 5) is 5.24.